The number of benzene rings is 1. The van der Waals surface area contributed by atoms with Crippen LogP contribution in [0.25, 0.3) is 0 Å². The Morgan fingerprint density at radius 2 is 1.91 bits per heavy atom. The van der Waals surface area contributed by atoms with Crippen LogP contribution >= 0.6 is 22.9 Å². The van der Waals surface area contributed by atoms with Gasteiger partial charge in [0.2, 0.25) is 0 Å². The molecule has 2 N–H and O–H groups in total. The fraction of sp³-hybridized carbons (Fsp3) is 0.304. The van der Waals surface area contributed by atoms with Gasteiger partial charge >= 0.3 is 0 Å². The summed E-state index contributed by atoms with van der Waals surface area (Å²) in [7, 11) is 0. The van der Waals surface area contributed by atoms with Gasteiger partial charge in [-0.25, -0.2) is 0 Å². The van der Waals surface area contributed by atoms with Crippen molar-refractivity contribution >= 4 is 39.8 Å². The molecule has 1 atom stereocenters. The van der Waals surface area contributed by atoms with Crippen molar-refractivity contribution in [1.29, 1.82) is 0 Å². The summed E-state index contributed by atoms with van der Waals surface area (Å²) in [5.41, 5.74) is 1.89. The van der Waals surface area contributed by atoms with Crippen LogP contribution in [-0.2, 0) is 4.74 Å². The lowest BCUT2D eigenvalue weighted by Crippen LogP contribution is -2.43. The van der Waals surface area contributed by atoms with Gasteiger partial charge in [-0.15, -0.1) is 11.3 Å². The highest BCUT2D eigenvalue weighted by atomic mass is 35.5. The molecule has 0 aliphatic carbocycles. The SMILES string of the molecule is Cc1cc(NC(=O)c2ccco2)sc1C(=O)NCC(c1ccc(Cl)cc1)N1CCOCC1. The van der Waals surface area contributed by atoms with Crippen molar-refractivity contribution in [2.45, 2.75) is 13.0 Å². The molecule has 7 nitrogen and oxygen atoms in total. The van der Waals surface area contributed by atoms with E-state index in [2.05, 4.69) is 15.5 Å². The number of rotatable bonds is 7. The van der Waals surface area contributed by atoms with E-state index in [1.54, 1.807) is 18.2 Å². The number of morpholine rings is 1. The van der Waals surface area contributed by atoms with E-state index < -0.39 is 0 Å². The lowest BCUT2D eigenvalue weighted by molar-refractivity contribution is 0.0162. The topological polar surface area (TPSA) is 83.8 Å². The number of furan rings is 1. The Balaban J connectivity index is 1.44. The minimum atomic E-state index is -0.349. The molecule has 1 fully saturated rings. The van der Waals surface area contributed by atoms with E-state index in [0.29, 0.717) is 34.7 Å². The van der Waals surface area contributed by atoms with E-state index in [9.17, 15) is 9.59 Å². The highest BCUT2D eigenvalue weighted by Gasteiger charge is 2.24. The number of anilines is 1. The molecule has 3 heterocycles. The summed E-state index contributed by atoms with van der Waals surface area (Å²) in [5.74, 6) is -0.296. The largest absolute Gasteiger partial charge is 0.459 e. The van der Waals surface area contributed by atoms with E-state index in [1.807, 2.05) is 31.2 Å². The number of hydrogen-bond donors (Lipinski definition) is 2. The Bertz CT molecular complexity index is 1060. The van der Waals surface area contributed by atoms with Gasteiger partial charge in [0.1, 0.15) is 0 Å². The Hall–Kier alpha value is -2.65. The van der Waals surface area contributed by atoms with Gasteiger partial charge in [-0.1, -0.05) is 23.7 Å². The molecular formula is C23H24ClN3O4S. The average molecular weight is 474 g/mol. The average Bonchev–Trinajstić information content (AvgIpc) is 3.46. The predicted octanol–water partition coefficient (Wildman–Crippen LogP) is 4.36. The molecular weight excluding hydrogens is 450 g/mol. The normalized spacial score (nSPS) is 15.3. The fourth-order valence-corrected chi connectivity index (χ4v) is 4.76. The molecule has 168 valence electrons. The van der Waals surface area contributed by atoms with Crippen molar-refractivity contribution in [3.8, 4) is 0 Å². The Morgan fingerprint density at radius 3 is 2.59 bits per heavy atom. The highest BCUT2D eigenvalue weighted by Crippen LogP contribution is 2.28. The molecule has 1 saturated heterocycles. The second-order valence-electron chi connectivity index (χ2n) is 7.48. The zero-order valence-electron chi connectivity index (χ0n) is 17.6. The number of carbonyl (C=O) groups excluding carboxylic acids is 2. The minimum absolute atomic E-state index is 0.0125. The molecule has 4 rings (SSSR count). The molecule has 1 aliphatic heterocycles. The van der Waals surface area contributed by atoms with Crippen molar-refractivity contribution in [3.63, 3.8) is 0 Å². The van der Waals surface area contributed by atoms with Gasteiger partial charge in [0.15, 0.2) is 5.76 Å². The third kappa shape index (κ3) is 5.39. The number of hydrogen-bond acceptors (Lipinski definition) is 6. The van der Waals surface area contributed by atoms with Gasteiger partial charge in [0.05, 0.1) is 35.4 Å². The molecule has 3 aromatic rings. The van der Waals surface area contributed by atoms with Crippen LogP contribution in [-0.4, -0.2) is 49.6 Å². The Kier molecular flexibility index (Phi) is 7.26. The molecule has 2 aromatic heterocycles. The van der Waals surface area contributed by atoms with Crippen LogP contribution in [0.2, 0.25) is 5.02 Å². The van der Waals surface area contributed by atoms with Crippen LogP contribution < -0.4 is 10.6 Å². The summed E-state index contributed by atoms with van der Waals surface area (Å²) < 4.78 is 10.6. The van der Waals surface area contributed by atoms with Crippen LogP contribution in [0.4, 0.5) is 5.00 Å². The van der Waals surface area contributed by atoms with Crippen LogP contribution in [0.5, 0.6) is 0 Å². The summed E-state index contributed by atoms with van der Waals surface area (Å²) in [5, 5.41) is 7.12. The number of nitrogens with zero attached hydrogens (tertiary/aromatic N) is 1. The van der Waals surface area contributed by atoms with E-state index >= 15 is 0 Å². The summed E-state index contributed by atoms with van der Waals surface area (Å²) in [6, 6.07) is 12.8. The molecule has 1 aromatic carbocycles. The fourth-order valence-electron chi connectivity index (χ4n) is 3.65. The summed E-state index contributed by atoms with van der Waals surface area (Å²) in [6.45, 7) is 5.23. The molecule has 0 saturated carbocycles. The van der Waals surface area contributed by atoms with E-state index in [0.717, 1.165) is 24.2 Å². The lowest BCUT2D eigenvalue weighted by atomic mass is 10.0. The van der Waals surface area contributed by atoms with Gasteiger partial charge in [-0.2, -0.15) is 0 Å². The maximum atomic E-state index is 13.0. The summed E-state index contributed by atoms with van der Waals surface area (Å²) >= 11 is 7.30. The number of thiophene rings is 1. The Labute approximate surface area is 195 Å². The quantitative estimate of drug-likeness (QED) is 0.532. The first kappa shape index (κ1) is 22.5. The zero-order valence-corrected chi connectivity index (χ0v) is 19.2. The van der Waals surface area contributed by atoms with Crippen LogP contribution in [0.1, 0.15) is 37.4 Å². The predicted molar refractivity (Wildman–Crippen MR) is 125 cm³/mol. The molecule has 0 spiro atoms. The molecule has 0 radical (unpaired) electrons. The smallest absolute Gasteiger partial charge is 0.291 e. The molecule has 9 heteroatoms. The first-order valence-electron chi connectivity index (χ1n) is 10.3. The van der Waals surface area contributed by atoms with Crippen LogP contribution in [0.3, 0.4) is 0 Å². The maximum Gasteiger partial charge on any atom is 0.291 e. The number of carbonyl (C=O) groups is 2. The van der Waals surface area contributed by atoms with E-state index in [1.165, 1.54) is 17.6 Å². The number of aryl methyl sites for hydroxylation is 1. The maximum absolute atomic E-state index is 13.0. The third-order valence-electron chi connectivity index (χ3n) is 5.30. The standard InChI is InChI=1S/C23H24ClN3O4S/c1-15-13-20(26-22(28)19-3-2-10-31-19)32-21(15)23(29)25-14-18(27-8-11-30-12-9-27)16-4-6-17(24)7-5-16/h2-7,10,13,18H,8-9,11-12,14H2,1H3,(H,25,29)(H,26,28). The van der Waals surface area contributed by atoms with E-state index in [-0.39, 0.29) is 23.6 Å². The highest BCUT2D eigenvalue weighted by molar-refractivity contribution is 7.18. The zero-order chi connectivity index (χ0) is 22.5. The van der Waals surface area contributed by atoms with Crippen molar-refractivity contribution in [3.05, 3.63) is 75.5 Å². The molecule has 1 aliphatic rings. The van der Waals surface area contributed by atoms with Gasteiger partial charge in [0, 0.05) is 24.7 Å². The number of nitrogens with one attached hydrogen (secondary N) is 2. The van der Waals surface area contributed by atoms with Crippen molar-refractivity contribution in [1.82, 2.24) is 10.2 Å². The van der Waals surface area contributed by atoms with Crippen molar-refractivity contribution < 1.29 is 18.7 Å². The van der Waals surface area contributed by atoms with Gasteiger partial charge < -0.3 is 19.8 Å². The second-order valence-corrected chi connectivity index (χ2v) is 8.97. The number of ether oxygens (including phenoxy) is 1. The minimum Gasteiger partial charge on any atom is -0.459 e. The van der Waals surface area contributed by atoms with Gasteiger partial charge in [-0.3, -0.25) is 14.5 Å². The summed E-state index contributed by atoms with van der Waals surface area (Å²) in [6.07, 6.45) is 1.44. The van der Waals surface area contributed by atoms with Crippen molar-refractivity contribution in [2.24, 2.45) is 0 Å². The first-order valence-corrected chi connectivity index (χ1v) is 11.5. The third-order valence-corrected chi connectivity index (χ3v) is 6.71. The molecule has 32 heavy (non-hydrogen) atoms. The van der Waals surface area contributed by atoms with Crippen molar-refractivity contribution in [2.75, 3.05) is 38.2 Å². The molecule has 0 bridgehead atoms. The van der Waals surface area contributed by atoms with Crippen LogP contribution in [0, 0.1) is 6.92 Å². The summed E-state index contributed by atoms with van der Waals surface area (Å²) in [4.78, 5) is 28.1. The molecule has 1 unspecified atom stereocenters. The number of halogens is 1. The second kappa shape index (κ2) is 10.3. The van der Waals surface area contributed by atoms with Gasteiger partial charge in [0.25, 0.3) is 11.8 Å². The van der Waals surface area contributed by atoms with E-state index in [4.69, 9.17) is 20.8 Å². The first-order chi connectivity index (χ1) is 15.5. The van der Waals surface area contributed by atoms with Crippen LogP contribution in [0.15, 0.2) is 53.1 Å². The van der Waals surface area contributed by atoms with Gasteiger partial charge in [-0.05, 0) is 48.4 Å². The monoisotopic (exact) mass is 473 g/mol. The Morgan fingerprint density at radius 1 is 1.16 bits per heavy atom. The lowest BCUT2D eigenvalue weighted by Gasteiger charge is -2.35. The number of amides is 2. The molecule has 2 amide bonds.